The molecule has 0 bridgehead atoms. The van der Waals surface area contributed by atoms with Gasteiger partial charge >= 0.3 is 7.60 Å². The van der Waals surface area contributed by atoms with Crippen LogP contribution < -0.4 is 11.2 Å². The number of hydrogen-bond donors (Lipinski definition) is 3. The zero-order chi connectivity index (χ0) is 15.0. The second-order valence-corrected chi connectivity index (χ2v) is 6.84. The molecule has 108 valence electrons. The number of benzene rings is 1. The van der Waals surface area contributed by atoms with Gasteiger partial charge in [0.05, 0.1) is 4.88 Å². The maximum atomic E-state index is 11.2. The van der Waals surface area contributed by atoms with Gasteiger partial charge in [-0.3, -0.25) is 4.57 Å². The average molecular weight is 322 g/mol. The normalized spacial score (nSPS) is 11.7. The van der Waals surface area contributed by atoms with Crippen molar-refractivity contribution >= 4 is 29.6 Å². The first-order chi connectivity index (χ1) is 9.95. The molecule has 0 saturated carbocycles. The lowest BCUT2D eigenvalue weighted by atomic mass is 10.1. The van der Waals surface area contributed by atoms with Crippen molar-refractivity contribution in [2.75, 3.05) is 5.73 Å². The number of nitrogen functional groups attached to an aromatic ring is 1. The Morgan fingerprint density at radius 1 is 1.14 bits per heavy atom. The van der Waals surface area contributed by atoms with Gasteiger partial charge in [0.15, 0.2) is 10.9 Å². The molecule has 4 N–H and O–H groups in total. The van der Waals surface area contributed by atoms with Crippen LogP contribution in [0.4, 0.5) is 5.13 Å². The molecule has 21 heavy (non-hydrogen) atoms. The van der Waals surface area contributed by atoms with Gasteiger partial charge in [0.2, 0.25) is 5.50 Å². The minimum atomic E-state index is -4.42. The van der Waals surface area contributed by atoms with Crippen molar-refractivity contribution in [2.45, 2.75) is 0 Å². The molecule has 1 aromatic carbocycles. The van der Waals surface area contributed by atoms with E-state index in [1.807, 2.05) is 30.3 Å². The first-order valence-electron chi connectivity index (χ1n) is 5.93. The molecular formula is C13H11N2O4PS. The molecule has 0 atom stereocenters. The first-order valence-corrected chi connectivity index (χ1v) is 8.36. The van der Waals surface area contributed by atoms with Gasteiger partial charge in [0.25, 0.3) is 0 Å². The van der Waals surface area contributed by atoms with Crippen LogP contribution in [0.3, 0.4) is 0 Å². The van der Waals surface area contributed by atoms with Crippen LogP contribution in [0, 0.1) is 0 Å². The van der Waals surface area contributed by atoms with Gasteiger partial charge in [0, 0.05) is 0 Å². The highest BCUT2D eigenvalue weighted by Gasteiger charge is 2.24. The van der Waals surface area contributed by atoms with Crippen LogP contribution in [0.5, 0.6) is 0 Å². The Hall–Kier alpha value is -1.92. The third-order valence-electron chi connectivity index (χ3n) is 2.79. The number of thiazole rings is 1. The summed E-state index contributed by atoms with van der Waals surface area (Å²) >= 11 is 1.29. The zero-order valence-corrected chi connectivity index (χ0v) is 12.3. The second-order valence-electron chi connectivity index (χ2n) is 4.28. The number of hydrogen-bond acceptors (Lipinski definition) is 5. The van der Waals surface area contributed by atoms with Crippen LogP contribution in [0.2, 0.25) is 0 Å². The van der Waals surface area contributed by atoms with E-state index in [1.54, 1.807) is 0 Å². The summed E-state index contributed by atoms with van der Waals surface area (Å²) in [5.74, 6) is 0.278. The van der Waals surface area contributed by atoms with Gasteiger partial charge in [-0.15, -0.1) is 0 Å². The molecule has 2 aromatic heterocycles. The summed E-state index contributed by atoms with van der Waals surface area (Å²) in [4.78, 5) is 23.2. The van der Waals surface area contributed by atoms with Gasteiger partial charge in [-0.25, -0.2) is 4.98 Å². The fourth-order valence-corrected chi connectivity index (χ4v) is 3.23. The third kappa shape index (κ3) is 2.77. The summed E-state index contributed by atoms with van der Waals surface area (Å²) in [7, 11) is -4.42. The zero-order valence-electron chi connectivity index (χ0n) is 10.6. The van der Waals surface area contributed by atoms with Crippen LogP contribution in [0.1, 0.15) is 0 Å². The Labute approximate surface area is 124 Å². The van der Waals surface area contributed by atoms with Crippen molar-refractivity contribution in [2.24, 2.45) is 0 Å². The number of nitrogens with two attached hydrogens (primary N) is 1. The molecule has 0 radical (unpaired) electrons. The lowest BCUT2D eigenvalue weighted by Gasteiger charge is -2.00. The fourth-order valence-electron chi connectivity index (χ4n) is 1.90. The highest BCUT2D eigenvalue weighted by Crippen LogP contribution is 2.40. The first kappa shape index (κ1) is 14.0. The molecule has 3 rings (SSSR count). The predicted molar refractivity (Wildman–Crippen MR) is 81.3 cm³/mol. The molecule has 3 aromatic rings. The van der Waals surface area contributed by atoms with E-state index in [9.17, 15) is 4.57 Å². The van der Waals surface area contributed by atoms with Crippen LogP contribution in [-0.2, 0) is 4.57 Å². The van der Waals surface area contributed by atoms with Crippen LogP contribution >= 0.6 is 18.9 Å². The maximum absolute atomic E-state index is 11.2. The summed E-state index contributed by atoms with van der Waals surface area (Å²) in [5.41, 5.74) is 6.76. The van der Waals surface area contributed by atoms with Crippen LogP contribution in [0.15, 0.2) is 46.9 Å². The van der Waals surface area contributed by atoms with Gasteiger partial charge in [-0.1, -0.05) is 41.7 Å². The monoisotopic (exact) mass is 322 g/mol. The topological polar surface area (TPSA) is 110 Å². The minimum Gasteiger partial charge on any atom is -0.446 e. The standard InChI is InChI=1S/C13H11N2O4PS/c14-13-15-11(9-6-7-10(19-9)20(16,17)18)12(21-13)8-4-2-1-3-5-8/h1-7H,(H2,14,15)(H2,16,17,18). The largest absolute Gasteiger partial charge is 0.446 e. The SMILES string of the molecule is Nc1nc(-c2ccc(P(=O)(O)O)o2)c(-c2ccccc2)s1. The Bertz CT molecular complexity index is 822. The van der Waals surface area contributed by atoms with Gasteiger partial charge in [-0.2, -0.15) is 0 Å². The molecular weight excluding hydrogens is 311 g/mol. The van der Waals surface area contributed by atoms with Crippen molar-refractivity contribution in [3.8, 4) is 21.9 Å². The molecule has 0 fully saturated rings. The lowest BCUT2D eigenvalue weighted by Crippen LogP contribution is -1.98. The smallest absolute Gasteiger partial charge is 0.391 e. The third-order valence-corrected chi connectivity index (χ3v) is 4.54. The van der Waals surface area contributed by atoms with Gasteiger partial charge in [-0.05, 0) is 17.7 Å². The fraction of sp³-hybridized carbons (Fsp3) is 0. The molecule has 0 aliphatic carbocycles. The number of furan rings is 1. The number of aromatic nitrogens is 1. The Morgan fingerprint density at radius 2 is 1.86 bits per heavy atom. The molecule has 2 heterocycles. The summed E-state index contributed by atoms with van der Waals surface area (Å²) in [6.07, 6.45) is 0. The highest BCUT2D eigenvalue weighted by molar-refractivity contribution is 7.59. The minimum absolute atomic E-state index is 0.278. The van der Waals surface area contributed by atoms with Crippen molar-refractivity contribution in [1.29, 1.82) is 0 Å². The average Bonchev–Trinajstić information content (AvgIpc) is 3.05. The predicted octanol–water partition coefficient (Wildman–Crippen LogP) is 2.46. The van der Waals surface area contributed by atoms with E-state index >= 15 is 0 Å². The molecule has 0 unspecified atom stereocenters. The van der Waals surface area contributed by atoms with Gasteiger partial charge in [0.1, 0.15) is 5.69 Å². The van der Waals surface area contributed by atoms with E-state index in [-0.39, 0.29) is 11.3 Å². The van der Waals surface area contributed by atoms with Crippen LogP contribution in [0.25, 0.3) is 21.9 Å². The van der Waals surface area contributed by atoms with Gasteiger partial charge < -0.3 is 19.9 Å². The van der Waals surface area contributed by atoms with Crippen molar-refractivity contribution in [1.82, 2.24) is 4.98 Å². The van der Waals surface area contributed by atoms with Crippen molar-refractivity contribution in [3.63, 3.8) is 0 Å². The summed E-state index contributed by atoms with van der Waals surface area (Å²) < 4.78 is 16.4. The quantitative estimate of drug-likeness (QED) is 0.639. The lowest BCUT2D eigenvalue weighted by molar-refractivity contribution is 0.377. The molecule has 0 spiro atoms. The Kier molecular flexibility index (Phi) is 3.43. The number of nitrogens with zero attached hydrogens (tertiary/aromatic N) is 1. The Morgan fingerprint density at radius 3 is 2.48 bits per heavy atom. The van der Waals surface area contributed by atoms with E-state index in [1.165, 1.54) is 23.5 Å². The maximum Gasteiger partial charge on any atom is 0.391 e. The van der Waals surface area contributed by atoms with Crippen LogP contribution in [-0.4, -0.2) is 14.8 Å². The van der Waals surface area contributed by atoms with E-state index in [0.717, 1.165) is 10.4 Å². The summed E-state index contributed by atoms with van der Waals surface area (Å²) in [6.45, 7) is 0. The van der Waals surface area contributed by atoms with E-state index < -0.39 is 7.60 Å². The molecule has 0 amide bonds. The Balaban J connectivity index is 2.12. The summed E-state index contributed by atoms with van der Waals surface area (Å²) in [5, 5.41) is 0.359. The van der Waals surface area contributed by atoms with Crippen molar-refractivity contribution in [3.05, 3.63) is 42.5 Å². The summed E-state index contributed by atoms with van der Waals surface area (Å²) in [6, 6.07) is 12.2. The number of rotatable bonds is 3. The number of anilines is 1. The van der Waals surface area contributed by atoms with E-state index in [2.05, 4.69) is 4.98 Å². The van der Waals surface area contributed by atoms with E-state index in [4.69, 9.17) is 19.9 Å². The molecule has 8 heteroatoms. The van der Waals surface area contributed by atoms with E-state index in [0.29, 0.717) is 10.8 Å². The molecule has 0 aliphatic heterocycles. The molecule has 0 aliphatic rings. The molecule has 6 nitrogen and oxygen atoms in total. The van der Waals surface area contributed by atoms with Crippen molar-refractivity contribution < 1.29 is 18.8 Å². The molecule has 0 saturated heterocycles. The second kappa shape index (κ2) is 5.13. The highest BCUT2D eigenvalue weighted by atomic mass is 32.1.